The predicted octanol–water partition coefficient (Wildman–Crippen LogP) is 0.243. The largest absolute Gasteiger partial charge is 0.387 e. The van der Waals surface area contributed by atoms with Gasteiger partial charge in [-0.15, -0.1) is 0 Å². The van der Waals surface area contributed by atoms with Gasteiger partial charge in [-0.3, -0.25) is 0 Å². The molecular weight excluding hydrogens is 363 g/mol. The molecule has 2 heterocycles. The van der Waals surface area contributed by atoms with Gasteiger partial charge in [-0.05, 0) is 6.42 Å². The molecule has 0 aliphatic carbocycles. The highest BCUT2D eigenvalue weighted by Gasteiger charge is 2.47. The lowest BCUT2D eigenvalue weighted by atomic mass is 10.1. The second-order valence-electron chi connectivity index (χ2n) is 7.17. The minimum absolute atomic E-state index is 0.206. The Kier molecular flexibility index (Phi) is 9.81. The molecule has 9 heteroatoms. The van der Waals surface area contributed by atoms with Crippen LogP contribution >= 0.6 is 0 Å². The maximum atomic E-state index is 12.7. The summed E-state index contributed by atoms with van der Waals surface area (Å²) in [4.78, 5) is 0. The summed E-state index contributed by atoms with van der Waals surface area (Å²) in [6, 6.07) is 0. The van der Waals surface area contributed by atoms with Crippen LogP contribution in [0.4, 0.5) is 4.39 Å². The lowest BCUT2D eigenvalue weighted by Gasteiger charge is -2.19. The third-order valence-electron chi connectivity index (χ3n) is 4.99. The average Bonchev–Trinajstić information content (AvgIpc) is 3.10. The molecule has 160 valence electrons. The SMILES string of the molecule is CCCCCCCCO[C@H]1O[C@H](CO[C@H]2O[C@H](CF)[C@@H](O)[C@@H]2O)[C@@H](O)[C@@H]1O. The van der Waals surface area contributed by atoms with E-state index in [0.717, 1.165) is 19.3 Å². The second kappa shape index (κ2) is 11.6. The maximum absolute atomic E-state index is 12.7. The van der Waals surface area contributed by atoms with E-state index in [1.54, 1.807) is 0 Å². The van der Waals surface area contributed by atoms with Crippen LogP contribution in [0, 0.1) is 0 Å². The van der Waals surface area contributed by atoms with Gasteiger partial charge in [0.25, 0.3) is 0 Å². The van der Waals surface area contributed by atoms with Crippen molar-refractivity contribution in [3.05, 3.63) is 0 Å². The molecule has 0 spiro atoms. The first-order valence-corrected chi connectivity index (χ1v) is 9.82. The zero-order valence-corrected chi connectivity index (χ0v) is 15.8. The molecule has 4 N–H and O–H groups in total. The molecule has 0 bridgehead atoms. The minimum Gasteiger partial charge on any atom is -0.387 e. The summed E-state index contributed by atoms with van der Waals surface area (Å²) in [6.07, 6.45) is -2.79. The monoisotopic (exact) mass is 396 g/mol. The van der Waals surface area contributed by atoms with E-state index in [9.17, 15) is 24.8 Å². The summed E-state index contributed by atoms with van der Waals surface area (Å²) in [7, 11) is 0. The highest BCUT2D eigenvalue weighted by Crippen LogP contribution is 2.26. The Morgan fingerprint density at radius 2 is 1.30 bits per heavy atom. The fraction of sp³-hybridized carbons (Fsp3) is 1.00. The van der Waals surface area contributed by atoms with Crippen LogP contribution < -0.4 is 0 Å². The van der Waals surface area contributed by atoms with E-state index < -0.39 is 55.9 Å². The molecule has 2 rings (SSSR count). The van der Waals surface area contributed by atoms with Gasteiger partial charge in [-0.2, -0.15) is 0 Å². The van der Waals surface area contributed by atoms with Crippen LogP contribution in [0.3, 0.4) is 0 Å². The van der Waals surface area contributed by atoms with Gasteiger partial charge in [0.1, 0.15) is 43.3 Å². The summed E-state index contributed by atoms with van der Waals surface area (Å²) < 4.78 is 34.0. The van der Waals surface area contributed by atoms with Crippen LogP contribution in [0.1, 0.15) is 45.4 Å². The first kappa shape index (κ1) is 22.9. The molecular formula is C18H33FO8. The third-order valence-corrected chi connectivity index (χ3v) is 4.99. The molecule has 8 nitrogen and oxygen atoms in total. The highest BCUT2D eigenvalue weighted by molar-refractivity contribution is 4.89. The summed E-state index contributed by atoms with van der Waals surface area (Å²) in [6.45, 7) is 1.42. The fourth-order valence-electron chi connectivity index (χ4n) is 3.24. The molecule has 8 atom stereocenters. The molecule has 0 aromatic rings. The summed E-state index contributed by atoms with van der Waals surface area (Å²) in [5, 5.41) is 39.5. The van der Waals surface area contributed by atoms with Gasteiger partial charge in [-0.1, -0.05) is 39.0 Å². The first-order chi connectivity index (χ1) is 13.0. The lowest BCUT2D eigenvalue weighted by molar-refractivity contribution is -0.205. The van der Waals surface area contributed by atoms with Crippen molar-refractivity contribution < 1.29 is 43.8 Å². The van der Waals surface area contributed by atoms with Crippen molar-refractivity contribution in [2.45, 2.75) is 94.7 Å². The van der Waals surface area contributed by atoms with E-state index in [1.807, 2.05) is 0 Å². The molecule has 2 aliphatic rings. The number of halogens is 1. The number of aliphatic hydroxyl groups excluding tert-OH is 4. The summed E-state index contributed by atoms with van der Waals surface area (Å²) >= 11 is 0. The zero-order chi connectivity index (χ0) is 19.8. The molecule has 0 aromatic heterocycles. The number of aliphatic hydroxyl groups is 4. The van der Waals surface area contributed by atoms with Crippen LogP contribution in [0.5, 0.6) is 0 Å². The Morgan fingerprint density at radius 1 is 0.741 bits per heavy atom. The fourth-order valence-corrected chi connectivity index (χ4v) is 3.24. The third kappa shape index (κ3) is 6.30. The lowest BCUT2D eigenvalue weighted by Crippen LogP contribution is -2.38. The van der Waals surface area contributed by atoms with Gasteiger partial charge in [0.15, 0.2) is 12.6 Å². The van der Waals surface area contributed by atoms with E-state index in [-0.39, 0.29) is 6.61 Å². The number of hydrogen-bond acceptors (Lipinski definition) is 8. The molecule has 0 unspecified atom stereocenters. The molecule has 0 aromatic carbocycles. The molecule has 2 aliphatic heterocycles. The van der Waals surface area contributed by atoms with E-state index in [0.29, 0.717) is 6.61 Å². The first-order valence-electron chi connectivity index (χ1n) is 9.82. The molecule has 2 saturated heterocycles. The Hall–Kier alpha value is -0.390. The normalized spacial score (nSPS) is 39.3. The number of alkyl halides is 1. The number of ether oxygens (including phenoxy) is 4. The van der Waals surface area contributed by atoms with Crippen molar-refractivity contribution >= 4 is 0 Å². The minimum atomic E-state index is -1.39. The highest BCUT2D eigenvalue weighted by atomic mass is 19.1. The van der Waals surface area contributed by atoms with E-state index in [4.69, 9.17) is 18.9 Å². The smallest absolute Gasteiger partial charge is 0.186 e. The second-order valence-corrected chi connectivity index (χ2v) is 7.17. The molecule has 0 radical (unpaired) electrons. The van der Waals surface area contributed by atoms with Gasteiger partial charge < -0.3 is 39.4 Å². The molecule has 0 amide bonds. The van der Waals surface area contributed by atoms with Gasteiger partial charge in [0, 0.05) is 6.61 Å². The van der Waals surface area contributed by atoms with Crippen molar-refractivity contribution in [2.75, 3.05) is 19.9 Å². The average molecular weight is 396 g/mol. The molecule has 27 heavy (non-hydrogen) atoms. The topological polar surface area (TPSA) is 118 Å². The number of rotatable bonds is 12. The quantitative estimate of drug-likeness (QED) is 0.347. The zero-order valence-electron chi connectivity index (χ0n) is 15.8. The van der Waals surface area contributed by atoms with Crippen molar-refractivity contribution in [1.82, 2.24) is 0 Å². The van der Waals surface area contributed by atoms with Crippen LogP contribution in [0.15, 0.2) is 0 Å². The molecule has 2 fully saturated rings. The van der Waals surface area contributed by atoms with E-state index in [1.165, 1.54) is 19.3 Å². The van der Waals surface area contributed by atoms with Crippen LogP contribution in [-0.4, -0.2) is 89.5 Å². The Balaban J connectivity index is 1.67. The van der Waals surface area contributed by atoms with Crippen molar-refractivity contribution in [1.29, 1.82) is 0 Å². The van der Waals surface area contributed by atoms with Crippen molar-refractivity contribution in [2.24, 2.45) is 0 Å². The number of unbranched alkanes of at least 4 members (excludes halogenated alkanes) is 5. The number of hydrogen-bond donors (Lipinski definition) is 4. The van der Waals surface area contributed by atoms with Crippen LogP contribution in [0.25, 0.3) is 0 Å². The van der Waals surface area contributed by atoms with Crippen molar-refractivity contribution in [3.8, 4) is 0 Å². The standard InChI is InChI=1S/C18H33FO8/c1-2-3-4-5-6-7-8-24-17-16(23)14(21)12(27-17)10-25-18-15(22)13(20)11(9-19)26-18/h11-18,20-23H,2-10H2,1H3/t11-,12-,13-,14-,15+,16+,17+,18+/m1/s1. The summed E-state index contributed by atoms with van der Waals surface area (Å²) in [5.41, 5.74) is 0. The Morgan fingerprint density at radius 3 is 1.93 bits per heavy atom. The van der Waals surface area contributed by atoms with E-state index in [2.05, 4.69) is 6.92 Å². The van der Waals surface area contributed by atoms with Gasteiger partial charge in [0.05, 0.1) is 6.61 Å². The van der Waals surface area contributed by atoms with Gasteiger partial charge >= 0.3 is 0 Å². The maximum Gasteiger partial charge on any atom is 0.186 e. The molecule has 0 saturated carbocycles. The van der Waals surface area contributed by atoms with E-state index >= 15 is 0 Å². The Labute approximate surface area is 159 Å². The van der Waals surface area contributed by atoms with Crippen LogP contribution in [-0.2, 0) is 18.9 Å². The predicted molar refractivity (Wildman–Crippen MR) is 92.6 cm³/mol. The van der Waals surface area contributed by atoms with Gasteiger partial charge in [-0.25, -0.2) is 4.39 Å². The van der Waals surface area contributed by atoms with Gasteiger partial charge in [0.2, 0.25) is 0 Å². The summed E-state index contributed by atoms with van der Waals surface area (Å²) in [5.74, 6) is 0. The van der Waals surface area contributed by atoms with Crippen molar-refractivity contribution in [3.63, 3.8) is 0 Å². The Bertz CT molecular complexity index is 415. The van der Waals surface area contributed by atoms with Crippen LogP contribution in [0.2, 0.25) is 0 Å².